The molecule has 1 amide bonds. The Labute approximate surface area is 104 Å². The second kappa shape index (κ2) is 5.83. The second-order valence-corrected chi connectivity index (χ2v) is 5.79. The van der Waals surface area contributed by atoms with Crippen LogP contribution in [0.15, 0.2) is 0 Å². The molecule has 4 nitrogen and oxygen atoms in total. The zero-order valence-corrected chi connectivity index (χ0v) is 11.7. The van der Waals surface area contributed by atoms with Gasteiger partial charge in [0.2, 0.25) is 5.91 Å². The lowest BCUT2D eigenvalue weighted by atomic mass is 9.93. The van der Waals surface area contributed by atoms with Crippen LogP contribution in [0.1, 0.15) is 34.1 Å². The van der Waals surface area contributed by atoms with Gasteiger partial charge in [0.25, 0.3) is 0 Å². The number of hydrogen-bond acceptors (Lipinski definition) is 3. The summed E-state index contributed by atoms with van der Waals surface area (Å²) >= 11 is 0. The van der Waals surface area contributed by atoms with Crippen LogP contribution in [-0.4, -0.2) is 49.8 Å². The molecule has 1 heterocycles. The van der Waals surface area contributed by atoms with Crippen LogP contribution in [-0.2, 0) is 14.3 Å². The van der Waals surface area contributed by atoms with Crippen molar-refractivity contribution >= 4 is 5.91 Å². The Morgan fingerprint density at radius 3 is 2.65 bits per heavy atom. The molecule has 2 unspecified atom stereocenters. The van der Waals surface area contributed by atoms with Crippen molar-refractivity contribution in [1.29, 1.82) is 0 Å². The minimum absolute atomic E-state index is 0.109. The van der Waals surface area contributed by atoms with Crippen molar-refractivity contribution < 1.29 is 14.3 Å². The van der Waals surface area contributed by atoms with Crippen molar-refractivity contribution in [2.24, 2.45) is 5.41 Å². The monoisotopic (exact) mass is 243 g/mol. The van der Waals surface area contributed by atoms with Crippen LogP contribution in [0.4, 0.5) is 0 Å². The van der Waals surface area contributed by atoms with Gasteiger partial charge in [-0.05, 0) is 13.3 Å². The van der Waals surface area contributed by atoms with Gasteiger partial charge in [0.1, 0.15) is 0 Å². The molecule has 0 spiro atoms. The third-order valence-corrected chi connectivity index (χ3v) is 3.05. The van der Waals surface area contributed by atoms with E-state index in [-0.39, 0.29) is 23.5 Å². The van der Waals surface area contributed by atoms with Crippen LogP contribution in [0, 0.1) is 5.41 Å². The Hall–Kier alpha value is -0.610. The fourth-order valence-corrected chi connectivity index (χ4v) is 1.96. The van der Waals surface area contributed by atoms with Gasteiger partial charge < -0.3 is 14.4 Å². The maximum atomic E-state index is 12.3. The molecule has 1 rings (SSSR count). The van der Waals surface area contributed by atoms with E-state index in [0.717, 1.165) is 6.42 Å². The van der Waals surface area contributed by atoms with Crippen molar-refractivity contribution in [2.45, 2.75) is 46.3 Å². The smallest absolute Gasteiger partial charge is 0.228 e. The van der Waals surface area contributed by atoms with E-state index in [9.17, 15) is 4.79 Å². The number of carbonyl (C=O) groups is 1. The molecule has 17 heavy (non-hydrogen) atoms. The summed E-state index contributed by atoms with van der Waals surface area (Å²) < 4.78 is 10.8. The van der Waals surface area contributed by atoms with E-state index in [0.29, 0.717) is 19.8 Å². The molecule has 4 heteroatoms. The van der Waals surface area contributed by atoms with E-state index in [1.165, 1.54) is 0 Å². The van der Waals surface area contributed by atoms with Crippen molar-refractivity contribution in [1.82, 2.24) is 4.90 Å². The Morgan fingerprint density at radius 1 is 1.47 bits per heavy atom. The van der Waals surface area contributed by atoms with Gasteiger partial charge in [0.05, 0.1) is 18.8 Å². The summed E-state index contributed by atoms with van der Waals surface area (Å²) in [6.07, 6.45) is 0.953. The number of rotatable bonds is 3. The zero-order chi connectivity index (χ0) is 13.1. The van der Waals surface area contributed by atoms with Crippen LogP contribution >= 0.6 is 0 Å². The fourth-order valence-electron chi connectivity index (χ4n) is 1.96. The predicted molar refractivity (Wildman–Crippen MR) is 66.9 cm³/mol. The summed E-state index contributed by atoms with van der Waals surface area (Å²) in [7, 11) is 1.68. The third-order valence-electron chi connectivity index (χ3n) is 3.05. The molecule has 1 aliphatic heterocycles. The molecular weight excluding hydrogens is 218 g/mol. The average Bonchev–Trinajstić information content (AvgIpc) is 2.26. The molecule has 0 aliphatic carbocycles. The largest absolute Gasteiger partial charge is 0.385 e. The van der Waals surface area contributed by atoms with Crippen molar-refractivity contribution in [3.8, 4) is 0 Å². The first kappa shape index (κ1) is 14.5. The molecule has 1 fully saturated rings. The molecule has 0 N–H and O–H groups in total. The van der Waals surface area contributed by atoms with Gasteiger partial charge in [-0.25, -0.2) is 0 Å². The molecule has 0 radical (unpaired) electrons. The molecule has 2 atom stereocenters. The van der Waals surface area contributed by atoms with Gasteiger partial charge in [-0.1, -0.05) is 20.8 Å². The first-order valence-electron chi connectivity index (χ1n) is 6.28. The summed E-state index contributed by atoms with van der Waals surface area (Å²) in [5.74, 6) is 0.204. The SMILES string of the molecule is COCCC1CN(C(=O)C(C)(C)C)C(C)CO1. The number of hydrogen-bond donors (Lipinski definition) is 0. The van der Waals surface area contributed by atoms with Crippen LogP contribution in [0.25, 0.3) is 0 Å². The molecule has 100 valence electrons. The van der Waals surface area contributed by atoms with E-state index in [2.05, 4.69) is 0 Å². The molecule has 1 aliphatic rings. The topological polar surface area (TPSA) is 38.8 Å². The maximum Gasteiger partial charge on any atom is 0.228 e. The van der Waals surface area contributed by atoms with Crippen molar-refractivity contribution in [3.63, 3.8) is 0 Å². The van der Waals surface area contributed by atoms with Crippen LogP contribution < -0.4 is 0 Å². The Kier molecular flexibility index (Phi) is 4.95. The summed E-state index contributed by atoms with van der Waals surface area (Å²) in [4.78, 5) is 14.2. The van der Waals surface area contributed by atoms with Crippen molar-refractivity contribution in [2.75, 3.05) is 26.9 Å². The van der Waals surface area contributed by atoms with E-state index < -0.39 is 0 Å². The summed E-state index contributed by atoms with van der Waals surface area (Å²) in [5, 5.41) is 0. The maximum absolute atomic E-state index is 12.3. The van der Waals surface area contributed by atoms with E-state index in [4.69, 9.17) is 9.47 Å². The molecule has 0 aromatic rings. The highest BCUT2D eigenvalue weighted by atomic mass is 16.5. The van der Waals surface area contributed by atoms with Gasteiger partial charge in [0, 0.05) is 25.7 Å². The normalized spacial score (nSPS) is 26.1. The van der Waals surface area contributed by atoms with Gasteiger partial charge >= 0.3 is 0 Å². The standard InChI is InChI=1S/C13H25NO3/c1-10-9-17-11(6-7-16-5)8-14(10)12(15)13(2,3)4/h10-11H,6-9H2,1-5H3. The number of nitrogens with zero attached hydrogens (tertiary/aromatic N) is 1. The minimum Gasteiger partial charge on any atom is -0.385 e. The molecule has 0 saturated carbocycles. The molecule has 0 aromatic heterocycles. The number of ether oxygens (including phenoxy) is 2. The zero-order valence-electron chi connectivity index (χ0n) is 11.7. The Balaban J connectivity index is 2.60. The number of methoxy groups -OCH3 is 1. The minimum atomic E-state index is -0.322. The molecule has 1 saturated heterocycles. The molecular formula is C13H25NO3. The second-order valence-electron chi connectivity index (χ2n) is 5.79. The van der Waals surface area contributed by atoms with Crippen LogP contribution in [0.3, 0.4) is 0 Å². The Morgan fingerprint density at radius 2 is 2.12 bits per heavy atom. The highest BCUT2D eigenvalue weighted by Gasteiger charge is 2.34. The van der Waals surface area contributed by atoms with E-state index in [1.54, 1.807) is 7.11 Å². The lowest BCUT2D eigenvalue weighted by molar-refractivity contribution is -0.153. The van der Waals surface area contributed by atoms with Gasteiger partial charge in [-0.3, -0.25) is 4.79 Å². The van der Waals surface area contributed by atoms with Gasteiger partial charge in [0.15, 0.2) is 0 Å². The first-order valence-corrected chi connectivity index (χ1v) is 6.28. The molecule has 0 bridgehead atoms. The van der Waals surface area contributed by atoms with E-state index in [1.807, 2.05) is 32.6 Å². The summed E-state index contributed by atoms with van der Waals surface area (Å²) in [6, 6.07) is 0.167. The summed E-state index contributed by atoms with van der Waals surface area (Å²) in [6.45, 7) is 9.90. The fraction of sp³-hybridized carbons (Fsp3) is 0.923. The number of morpholine rings is 1. The number of amides is 1. The number of carbonyl (C=O) groups excluding carboxylic acids is 1. The lowest BCUT2D eigenvalue weighted by Gasteiger charge is -2.41. The first-order chi connectivity index (χ1) is 7.86. The Bertz CT molecular complexity index is 258. The van der Waals surface area contributed by atoms with Crippen LogP contribution in [0.2, 0.25) is 0 Å². The average molecular weight is 243 g/mol. The molecule has 0 aromatic carbocycles. The van der Waals surface area contributed by atoms with Gasteiger partial charge in [-0.15, -0.1) is 0 Å². The quantitative estimate of drug-likeness (QED) is 0.757. The van der Waals surface area contributed by atoms with E-state index >= 15 is 0 Å². The van der Waals surface area contributed by atoms with Crippen LogP contribution in [0.5, 0.6) is 0 Å². The van der Waals surface area contributed by atoms with Gasteiger partial charge in [-0.2, -0.15) is 0 Å². The summed E-state index contributed by atoms with van der Waals surface area (Å²) in [5.41, 5.74) is -0.322. The highest BCUT2D eigenvalue weighted by molar-refractivity contribution is 5.81. The van der Waals surface area contributed by atoms with Crippen molar-refractivity contribution in [3.05, 3.63) is 0 Å². The lowest BCUT2D eigenvalue weighted by Crippen LogP contribution is -2.54. The third kappa shape index (κ3) is 3.96. The highest BCUT2D eigenvalue weighted by Crippen LogP contribution is 2.23. The predicted octanol–water partition coefficient (Wildman–Crippen LogP) is 1.68.